The summed E-state index contributed by atoms with van der Waals surface area (Å²) in [7, 11) is -2.46. The maximum Gasteiger partial charge on any atom is 0.255 e. The Morgan fingerprint density at radius 2 is 1.78 bits per heavy atom. The summed E-state index contributed by atoms with van der Waals surface area (Å²) in [5.74, 6) is -0.543. The first kappa shape index (κ1) is 20.8. The highest BCUT2D eigenvalue weighted by atomic mass is 35.5. The SMILES string of the molecule is CC(/C=N\NC(=O)CN(C)S(=O)(=O)c1ccc(Cl)cc1)=C\c1ccccc1. The third kappa shape index (κ3) is 6.32. The Balaban J connectivity index is 1.93. The average molecular weight is 406 g/mol. The number of sulfonamides is 1. The van der Waals surface area contributed by atoms with Crippen LogP contribution in [0.4, 0.5) is 0 Å². The Bertz CT molecular complexity index is 940. The van der Waals surface area contributed by atoms with E-state index in [0.717, 1.165) is 15.4 Å². The number of rotatable bonds is 7. The molecule has 0 aromatic heterocycles. The van der Waals surface area contributed by atoms with Crippen molar-refractivity contribution in [3.05, 3.63) is 70.8 Å². The van der Waals surface area contributed by atoms with Crippen LogP contribution in [0.5, 0.6) is 0 Å². The number of carbonyl (C=O) groups excluding carboxylic acids is 1. The molecule has 0 aliphatic rings. The molecule has 2 rings (SSSR count). The predicted molar refractivity (Wildman–Crippen MR) is 108 cm³/mol. The zero-order valence-corrected chi connectivity index (χ0v) is 16.5. The van der Waals surface area contributed by atoms with Gasteiger partial charge in [-0.2, -0.15) is 9.41 Å². The van der Waals surface area contributed by atoms with Gasteiger partial charge in [0.2, 0.25) is 10.0 Å². The highest BCUT2D eigenvalue weighted by Gasteiger charge is 2.22. The highest BCUT2D eigenvalue weighted by molar-refractivity contribution is 7.89. The molecule has 1 amide bonds. The number of hydrogen-bond acceptors (Lipinski definition) is 4. The van der Waals surface area contributed by atoms with E-state index < -0.39 is 15.9 Å². The van der Waals surface area contributed by atoms with Crippen LogP contribution in [-0.4, -0.2) is 38.4 Å². The van der Waals surface area contributed by atoms with Crippen LogP contribution in [0.15, 0.2) is 70.2 Å². The standard InChI is InChI=1S/C19H20ClN3O3S/c1-15(12-16-6-4-3-5-7-16)13-21-22-19(24)14-23(2)27(25,26)18-10-8-17(20)9-11-18/h3-13H,14H2,1-2H3,(H,22,24)/b15-12+,21-13-. The fourth-order valence-corrected chi connectivity index (χ4v) is 3.42. The second kappa shape index (κ2) is 9.45. The molecule has 2 aromatic carbocycles. The van der Waals surface area contributed by atoms with Gasteiger partial charge in [-0.15, -0.1) is 0 Å². The summed E-state index contributed by atoms with van der Waals surface area (Å²) in [5.41, 5.74) is 4.18. The average Bonchev–Trinajstić information content (AvgIpc) is 2.62. The number of likely N-dealkylation sites (N-methyl/N-ethyl adjacent to an activating group) is 1. The number of nitrogens with zero attached hydrogens (tertiary/aromatic N) is 2. The zero-order chi connectivity index (χ0) is 19.9. The number of hydrogen-bond donors (Lipinski definition) is 1. The van der Waals surface area contributed by atoms with Gasteiger partial charge in [0.05, 0.1) is 17.7 Å². The third-order valence-electron chi connectivity index (χ3n) is 3.54. The van der Waals surface area contributed by atoms with Crippen LogP contribution >= 0.6 is 11.6 Å². The Morgan fingerprint density at radius 1 is 1.15 bits per heavy atom. The van der Waals surface area contributed by atoms with Crippen molar-refractivity contribution in [2.24, 2.45) is 5.10 Å². The minimum atomic E-state index is -3.78. The molecule has 0 aliphatic heterocycles. The van der Waals surface area contributed by atoms with Crippen LogP contribution in [0.1, 0.15) is 12.5 Å². The molecule has 0 bridgehead atoms. The van der Waals surface area contributed by atoms with E-state index in [9.17, 15) is 13.2 Å². The molecule has 0 saturated heterocycles. The van der Waals surface area contributed by atoms with E-state index in [1.807, 2.05) is 43.3 Å². The monoisotopic (exact) mass is 405 g/mol. The Kier molecular flexibility index (Phi) is 7.29. The van der Waals surface area contributed by atoms with Gasteiger partial charge in [0.15, 0.2) is 0 Å². The van der Waals surface area contributed by atoms with Crippen molar-refractivity contribution in [1.82, 2.24) is 9.73 Å². The lowest BCUT2D eigenvalue weighted by Gasteiger charge is -2.16. The van der Waals surface area contributed by atoms with Crippen molar-refractivity contribution in [1.29, 1.82) is 0 Å². The first-order valence-corrected chi connectivity index (χ1v) is 9.88. The maximum atomic E-state index is 12.4. The Hall–Kier alpha value is -2.48. The van der Waals surface area contributed by atoms with Crippen molar-refractivity contribution >= 4 is 39.8 Å². The number of benzene rings is 2. The van der Waals surface area contributed by atoms with Crippen molar-refractivity contribution in [2.45, 2.75) is 11.8 Å². The third-order valence-corrected chi connectivity index (χ3v) is 5.61. The number of carbonyl (C=O) groups is 1. The largest absolute Gasteiger partial charge is 0.272 e. The summed E-state index contributed by atoms with van der Waals surface area (Å²) < 4.78 is 25.8. The molecule has 0 spiro atoms. The minimum absolute atomic E-state index is 0.0624. The molecule has 0 fully saturated rings. The van der Waals surface area contributed by atoms with Crippen molar-refractivity contribution in [3.8, 4) is 0 Å². The molecule has 0 unspecified atom stereocenters. The van der Waals surface area contributed by atoms with Crippen LogP contribution in [0.25, 0.3) is 6.08 Å². The van der Waals surface area contributed by atoms with Gasteiger partial charge in [-0.05, 0) is 42.3 Å². The summed E-state index contributed by atoms with van der Waals surface area (Å²) in [6.07, 6.45) is 3.41. The number of nitrogens with one attached hydrogen (secondary N) is 1. The van der Waals surface area contributed by atoms with Gasteiger partial charge in [-0.25, -0.2) is 13.8 Å². The summed E-state index contributed by atoms with van der Waals surface area (Å²) in [6.45, 7) is 1.49. The van der Waals surface area contributed by atoms with Gasteiger partial charge < -0.3 is 0 Å². The van der Waals surface area contributed by atoms with Crippen LogP contribution in [0.2, 0.25) is 5.02 Å². The van der Waals surface area contributed by atoms with Gasteiger partial charge in [0.25, 0.3) is 5.91 Å². The van der Waals surface area contributed by atoms with Crippen LogP contribution in [-0.2, 0) is 14.8 Å². The van der Waals surface area contributed by atoms with Crippen LogP contribution in [0, 0.1) is 0 Å². The first-order valence-electron chi connectivity index (χ1n) is 8.06. The maximum absolute atomic E-state index is 12.4. The van der Waals surface area contributed by atoms with Crippen molar-refractivity contribution in [2.75, 3.05) is 13.6 Å². The molecule has 0 saturated carbocycles. The second-order valence-corrected chi connectivity index (χ2v) is 8.29. The number of amides is 1. The van der Waals surface area contributed by atoms with Crippen LogP contribution < -0.4 is 5.43 Å². The molecule has 27 heavy (non-hydrogen) atoms. The van der Waals surface area contributed by atoms with Gasteiger partial charge in [-0.3, -0.25) is 4.79 Å². The van der Waals surface area contributed by atoms with E-state index >= 15 is 0 Å². The van der Waals surface area contributed by atoms with E-state index in [-0.39, 0.29) is 11.4 Å². The molecular formula is C19H20ClN3O3S. The van der Waals surface area contributed by atoms with Crippen molar-refractivity contribution < 1.29 is 13.2 Å². The normalized spacial score (nSPS) is 12.5. The smallest absolute Gasteiger partial charge is 0.255 e. The molecule has 1 N–H and O–H groups in total. The summed E-state index contributed by atoms with van der Waals surface area (Å²) in [5, 5.41) is 4.29. The zero-order valence-electron chi connectivity index (χ0n) is 15.0. The first-order chi connectivity index (χ1) is 12.8. The summed E-state index contributed by atoms with van der Waals surface area (Å²) >= 11 is 5.77. The molecule has 0 aliphatic carbocycles. The van der Waals surface area contributed by atoms with Crippen LogP contribution in [0.3, 0.4) is 0 Å². The molecular weight excluding hydrogens is 386 g/mol. The topological polar surface area (TPSA) is 78.8 Å². The lowest BCUT2D eigenvalue weighted by molar-refractivity contribution is -0.121. The number of allylic oxidation sites excluding steroid dienone is 1. The molecule has 142 valence electrons. The molecule has 6 nitrogen and oxygen atoms in total. The lowest BCUT2D eigenvalue weighted by Crippen LogP contribution is -2.36. The molecule has 0 atom stereocenters. The summed E-state index contributed by atoms with van der Waals surface area (Å²) in [4.78, 5) is 12.0. The molecule has 0 radical (unpaired) electrons. The van der Waals surface area contributed by atoms with Gasteiger partial charge >= 0.3 is 0 Å². The number of halogens is 1. The van der Waals surface area contributed by atoms with E-state index in [1.54, 1.807) is 0 Å². The van der Waals surface area contributed by atoms with Gasteiger partial charge in [0.1, 0.15) is 0 Å². The second-order valence-electron chi connectivity index (χ2n) is 5.81. The summed E-state index contributed by atoms with van der Waals surface area (Å²) in [6, 6.07) is 15.4. The fourth-order valence-electron chi connectivity index (χ4n) is 2.16. The molecule has 8 heteroatoms. The van der Waals surface area contributed by atoms with E-state index in [4.69, 9.17) is 11.6 Å². The quantitative estimate of drug-likeness (QED) is 0.567. The minimum Gasteiger partial charge on any atom is -0.272 e. The lowest BCUT2D eigenvalue weighted by atomic mass is 10.1. The molecule has 0 heterocycles. The highest BCUT2D eigenvalue weighted by Crippen LogP contribution is 2.17. The number of hydrazone groups is 1. The van der Waals surface area contributed by atoms with E-state index in [1.165, 1.54) is 37.5 Å². The molecule has 2 aromatic rings. The van der Waals surface area contributed by atoms with Crippen molar-refractivity contribution in [3.63, 3.8) is 0 Å². The van der Waals surface area contributed by atoms with Gasteiger partial charge in [0, 0.05) is 12.1 Å². The van der Waals surface area contributed by atoms with Gasteiger partial charge in [-0.1, -0.05) is 48.0 Å². The Morgan fingerprint density at radius 3 is 2.41 bits per heavy atom. The fraction of sp³-hybridized carbons (Fsp3) is 0.158. The van der Waals surface area contributed by atoms with E-state index in [2.05, 4.69) is 10.5 Å². The van der Waals surface area contributed by atoms with E-state index in [0.29, 0.717) is 5.02 Å². The predicted octanol–water partition coefficient (Wildman–Crippen LogP) is 3.17. The Labute approximate surface area is 164 Å².